The second-order valence-electron chi connectivity index (χ2n) is 16.3. The lowest BCUT2D eigenvalue weighted by molar-refractivity contribution is -0.00978. The molecule has 340 valence electrons. The zero-order chi connectivity index (χ0) is 47.0. The highest BCUT2D eigenvalue weighted by Crippen LogP contribution is 2.46. The molecule has 2 aromatic heterocycles. The normalized spacial score (nSPS) is 16.7. The largest absolute Gasteiger partial charge is 0.495 e. The summed E-state index contributed by atoms with van der Waals surface area (Å²) in [4.78, 5) is 29.2. The molecule has 2 spiro atoms. The van der Waals surface area contributed by atoms with Gasteiger partial charge in [-0.05, 0) is 84.9 Å². The molecule has 4 aliphatic heterocycles. The first kappa shape index (κ1) is 43.8. The number of aromatic nitrogens is 2. The molecule has 6 heterocycles. The number of methoxy groups -OCH3 is 1. The highest BCUT2D eigenvalue weighted by Gasteiger charge is 2.46. The maximum absolute atomic E-state index is 13.9. The van der Waals surface area contributed by atoms with E-state index in [2.05, 4.69) is 15.2 Å². The SMILES string of the molecule is COc1ccc(C(=O)N2CCC3(CC2)Oc2ccccc2-n2cccc23)cc1S(C)(=O)=O.CS(=O)(=O)c1cc(C(=O)N2CCC3(CC2)Oc2ccccc2-n2cccc23)ccc1F.[2H]CF. The Kier molecular flexibility index (Phi) is 11.8. The molecule has 0 radical (unpaired) electrons. The minimum atomic E-state index is -3.77. The van der Waals surface area contributed by atoms with E-state index in [1.165, 1.54) is 25.3 Å². The van der Waals surface area contributed by atoms with Crippen molar-refractivity contribution in [1.82, 2.24) is 18.9 Å². The molecule has 13 nitrogen and oxygen atoms in total. The fourth-order valence-corrected chi connectivity index (χ4v) is 10.8. The average molecular weight is 928 g/mol. The lowest BCUT2D eigenvalue weighted by Crippen LogP contribution is -2.50. The third kappa shape index (κ3) is 8.38. The lowest BCUT2D eigenvalue weighted by Gasteiger charge is -2.45. The van der Waals surface area contributed by atoms with Crippen molar-refractivity contribution in [3.05, 3.63) is 150 Å². The quantitative estimate of drug-likeness (QED) is 0.171. The predicted octanol–water partition coefficient (Wildman–Crippen LogP) is 7.54. The lowest BCUT2D eigenvalue weighted by atomic mass is 9.86. The Bertz CT molecular complexity index is 3030. The summed E-state index contributed by atoms with van der Waals surface area (Å²) in [6, 6.07) is 32.0. The molecule has 0 saturated carbocycles. The summed E-state index contributed by atoms with van der Waals surface area (Å²) >= 11 is 0. The number of alkyl halides is 1. The van der Waals surface area contributed by atoms with Crippen LogP contribution in [0.5, 0.6) is 17.2 Å². The van der Waals surface area contributed by atoms with Crippen molar-refractivity contribution in [2.45, 2.75) is 46.7 Å². The van der Waals surface area contributed by atoms with E-state index in [1.807, 2.05) is 79.1 Å². The van der Waals surface area contributed by atoms with Crippen LogP contribution in [-0.2, 0) is 30.9 Å². The molecule has 0 bridgehead atoms. The van der Waals surface area contributed by atoms with Crippen LogP contribution in [0.2, 0.25) is 0 Å². The molecule has 0 N–H and O–H groups in total. The Morgan fingerprint density at radius 1 is 0.631 bits per heavy atom. The highest BCUT2D eigenvalue weighted by molar-refractivity contribution is 7.91. The van der Waals surface area contributed by atoms with Gasteiger partial charge in [0, 0.05) is 87.9 Å². The number of ether oxygens (including phenoxy) is 3. The van der Waals surface area contributed by atoms with Gasteiger partial charge in [0.2, 0.25) is 0 Å². The van der Waals surface area contributed by atoms with Crippen molar-refractivity contribution in [3.63, 3.8) is 0 Å². The number of likely N-dealkylation sites (tertiary alicyclic amines) is 2. The number of carbonyl (C=O) groups excluding carboxylic acids is 2. The van der Waals surface area contributed by atoms with Crippen LogP contribution < -0.4 is 14.2 Å². The fourth-order valence-electron chi connectivity index (χ4n) is 9.18. The zero-order valence-corrected chi connectivity index (χ0v) is 37.6. The fraction of sp³-hybridized carbons (Fsp3) is 0.292. The number of rotatable bonds is 5. The predicted molar refractivity (Wildman–Crippen MR) is 239 cm³/mol. The summed E-state index contributed by atoms with van der Waals surface area (Å²) in [6.45, 7) is 1.90. The van der Waals surface area contributed by atoms with E-state index >= 15 is 0 Å². The van der Waals surface area contributed by atoms with Gasteiger partial charge in [-0.15, -0.1) is 0 Å². The number of hydrogen-bond donors (Lipinski definition) is 0. The molecule has 0 unspecified atom stereocenters. The maximum Gasteiger partial charge on any atom is 0.253 e. The molecule has 10 rings (SSSR count). The second-order valence-corrected chi connectivity index (χ2v) is 20.3. The number of amides is 2. The number of sulfone groups is 2. The summed E-state index contributed by atoms with van der Waals surface area (Å²) in [5.41, 5.74) is 3.62. The number of para-hydroxylation sites is 4. The van der Waals surface area contributed by atoms with Crippen molar-refractivity contribution in [2.24, 2.45) is 0 Å². The Balaban J connectivity index is 0.000000170. The number of benzene rings is 4. The molecule has 2 amide bonds. The van der Waals surface area contributed by atoms with Gasteiger partial charge in [-0.1, -0.05) is 24.3 Å². The van der Waals surface area contributed by atoms with Crippen LogP contribution in [0.4, 0.5) is 8.78 Å². The number of carbonyl (C=O) groups is 2. The van der Waals surface area contributed by atoms with Crippen LogP contribution in [0.3, 0.4) is 0 Å². The smallest absolute Gasteiger partial charge is 0.253 e. The van der Waals surface area contributed by atoms with Gasteiger partial charge < -0.3 is 33.1 Å². The van der Waals surface area contributed by atoms with Gasteiger partial charge in [-0.25, -0.2) is 21.2 Å². The number of hydrogen-bond acceptors (Lipinski definition) is 9. The van der Waals surface area contributed by atoms with E-state index < -0.39 is 48.7 Å². The van der Waals surface area contributed by atoms with E-state index in [1.54, 1.807) is 15.9 Å². The molecule has 6 aromatic rings. The summed E-state index contributed by atoms with van der Waals surface area (Å²) in [6.07, 6.45) is 8.57. The minimum absolute atomic E-state index is 0.0179. The first-order valence-corrected chi connectivity index (χ1v) is 24.5. The van der Waals surface area contributed by atoms with Crippen molar-refractivity contribution in [3.8, 4) is 28.6 Å². The summed E-state index contributed by atoms with van der Waals surface area (Å²) in [5.74, 6) is 0.514. The Morgan fingerprint density at radius 2 is 1.05 bits per heavy atom. The number of halogens is 2. The van der Waals surface area contributed by atoms with Crippen molar-refractivity contribution < 1.29 is 50.8 Å². The molecule has 4 aromatic carbocycles. The van der Waals surface area contributed by atoms with Crippen molar-refractivity contribution >= 4 is 31.5 Å². The first-order chi connectivity index (χ1) is 31.5. The first-order valence-electron chi connectivity index (χ1n) is 21.5. The third-order valence-corrected chi connectivity index (χ3v) is 14.6. The van der Waals surface area contributed by atoms with Crippen LogP contribution in [0.15, 0.2) is 131 Å². The van der Waals surface area contributed by atoms with E-state index in [0.29, 0.717) is 57.4 Å². The molecule has 0 atom stereocenters. The van der Waals surface area contributed by atoms with Crippen LogP contribution in [0, 0.1) is 5.82 Å². The number of nitrogens with zero attached hydrogens (tertiary/aromatic N) is 4. The molecular formula is C48H48F2N4O9S2. The summed E-state index contributed by atoms with van der Waals surface area (Å²) < 4.78 is 99.8. The van der Waals surface area contributed by atoms with E-state index in [4.69, 9.17) is 15.6 Å². The molecule has 2 fully saturated rings. The second kappa shape index (κ2) is 17.5. The van der Waals surface area contributed by atoms with Gasteiger partial charge in [0.25, 0.3) is 11.8 Å². The zero-order valence-electron chi connectivity index (χ0n) is 36.9. The average Bonchev–Trinajstić information content (AvgIpc) is 4.02. The van der Waals surface area contributed by atoms with Gasteiger partial charge in [0.1, 0.15) is 32.9 Å². The van der Waals surface area contributed by atoms with Crippen LogP contribution in [-0.4, -0.2) is 101 Å². The van der Waals surface area contributed by atoms with Crippen LogP contribution in [0.1, 0.15) is 59.2 Å². The van der Waals surface area contributed by atoms with Gasteiger partial charge in [0.05, 0.1) is 38.4 Å². The Labute approximate surface area is 378 Å². The maximum atomic E-state index is 13.9. The molecule has 65 heavy (non-hydrogen) atoms. The molecule has 17 heteroatoms. The number of piperidine rings is 2. The van der Waals surface area contributed by atoms with Gasteiger partial charge >= 0.3 is 0 Å². The molecular weight excluding hydrogens is 879 g/mol. The monoisotopic (exact) mass is 927 g/mol. The summed E-state index contributed by atoms with van der Waals surface area (Å²) in [7, 11) is -6.88. The van der Waals surface area contributed by atoms with Crippen LogP contribution >= 0.6 is 0 Å². The Morgan fingerprint density at radius 3 is 1.48 bits per heavy atom. The minimum Gasteiger partial charge on any atom is -0.495 e. The van der Waals surface area contributed by atoms with Gasteiger partial charge in [-0.2, -0.15) is 0 Å². The number of fused-ring (bicyclic) bond motifs is 8. The summed E-state index contributed by atoms with van der Waals surface area (Å²) in [5, 5.41) is 0. The van der Waals surface area contributed by atoms with Gasteiger partial charge in [-0.3, -0.25) is 14.0 Å². The van der Waals surface area contributed by atoms with Crippen molar-refractivity contribution in [2.75, 3.05) is 53.0 Å². The highest BCUT2D eigenvalue weighted by atomic mass is 32.2. The Hall–Kier alpha value is -6.46. The molecule has 4 aliphatic rings. The topological polar surface area (TPSA) is 146 Å². The molecule has 0 aliphatic carbocycles. The van der Waals surface area contributed by atoms with Gasteiger partial charge in [0.15, 0.2) is 30.9 Å². The molecule has 2 saturated heterocycles. The third-order valence-electron chi connectivity index (χ3n) is 12.4. The van der Waals surface area contributed by atoms with E-state index in [9.17, 15) is 35.2 Å². The van der Waals surface area contributed by atoms with E-state index in [0.717, 1.165) is 58.9 Å². The standard InChI is InChI=1S/C24H24N2O5S.C23H21FN2O4S.CH3F/c1-30-20-10-9-17(16-21(20)32(2,28)29)23(27)25-14-11-24(12-15-25)22-8-5-13-26(22)18-6-3-4-7-19(18)31-24;1-31(28,29)20-15-16(8-9-17(20)24)22(27)25-13-10-23(11-14-25)21-7-4-12-26(21)18-5-2-3-6-19(18)30-23;1-2/h3-10,13,16H,11-12,14-15H2,1-2H3;2-9,12,15H,10-11,13-14H2,1H3;1H3/i;;1D. The van der Waals surface area contributed by atoms with Crippen molar-refractivity contribution in [1.29, 1.82) is 0 Å². The van der Waals surface area contributed by atoms with E-state index in [-0.39, 0.29) is 28.0 Å². The van der Waals surface area contributed by atoms with Crippen LogP contribution in [0.25, 0.3) is 11.4 Å².